The molecule has 8 heteroatoms. The van der Waals surface area contributed by atoms with E-state index < -0.39 is 15.9 Å². The van der Waals surface area contributed by atoms with E-state index in [-0.39, 0.29) is 4.90 Å². The van der Waals surface area contributed by atoms with E-state index in [1.807, 2.05) is 38.1 Å². The third-order valence-electron chi connectivity index (χ3n) is 4.65. The Labute approximate surface area is 175 Å². The zero-order valence-corrected chi connectivity index (χ0v) is 18.4. The summed E-state index contributed by atoms with van der Waals surface area (Å²) in [5, 5.41) is 0.942. The topological polar surface area (TPSA) is 93.4 Å². The van der Waals surface area contributed by atoms with Gasteiger partial charge in [0.1, 0.15) is 0 Å². The minimum absolute atomic E-state index is 0.271. The summed E-state index contributed by atoms with van der Waals surface area (Å²) in [7, 11) is -0.402. The number of sulfonamides is 1. The molecule has 0 aliphatic rings. The average Bonchev–Trinajstić information content (AvgIpc) is 3.01. The van der Waals surface area contributed by atoms with Gasteiger partial charge in [0.05, 0.1) is 20.5 Å². The monoisotopic (exact) mass is 429 g/mol. The summed E-state index contributed by atoms with van der Waals surface area (Å²) in [6, 6.07) is 12.5. The number of hydrogen-bond acceptors (Lipinski definition) is 5. The molecule has 2 N–H and O–H groups in total. The molecule has 0 aliphatic carbocycles. The molecular weight excluding hydrogens is 406 g/mol. The predicted molar refractivity (Wildman–Crippen MR) is 116 cm³/mol. The number of carbonyl (C=O) groups is 1. The number of nitrogens with zero attached hydrogens (tertiary/aromatic N) is 2. The van der Waals surface area contributed by atoms with Crippen molar-refractivity contribution < 1.29 is 13.2 Å². The molecule has 2 aromatic carbocycles. The molecule has 0 fully saturated rings. The highest BCUT2D eigenvalue weighted by Crippen LogP contribution is 2.32. The zero-order chi connectivity index (χ0) is 21.3. The third kappa shape index (κ3) is 4.39. The van der Waals surface area contributed by atoms with Crippen LogP contribution in [0.5, 0.6) is 0 Å². The van der Waals surface area contributed by atoms with Crippen molar-refractivity contribution in [3.05, 3.63) is 69.9 Å². The van der Waals surface area contributed by atoms with E-state index in [0.717, 1.165) is 32.3 Å². The van der Waals surface area contributed by atoms with Crippen molar-refractivity contribution in [3.63, 3.8) is 0 Å². The SMILES string of the molecule is Cc1cc(-c2sc(Cc3ccc(S(=O)(=O)N(C)C)cc3)nc2C)ccc1C(N)=O. The highest BCUT2D eigenvalue weighted by atomic mass is 32.2. The van der Waals surface area contributed by atoms with Crippen molar-refractivity contribution in [1.82, 2.24) is 9.29 Å². The number of hydrogen-bond donors (Lipinski definition) is 1. The minimum Gasteiger partial charge on any atom is -0.366 e. The molecule has 0 radical (unpaired) electrons. The lowest BCUT2D eigenvalue weighted by molar-refractivity contribution is 0.0999. The van der Waals surface area contributed by atoms with Gasteiger partial charge in [0.15, 0.2) is 0 Å². The first kappa shape index (κ1) is 21.2. The molecule has 0 saturated carbocycles. The molecule has 0 bridgehead atoms. The Morgan fingerprint density at radius 2 is 1.76 bits per heavy atom. The van der Waals surface area contributed by atoms with Crippen LogP contribution in [0.2, 0.25) is 0 Å². The summed E-state index contributed by atoms with van der Waals surface area (Å²) in [6.07, 6.45) is 0.617. The Morgan fingerprint density at radius 3 is 2.31 bits per heavy atom. The largest absolute Gasteiger partial charge is 0.366 e. The van der Waals surface area contributed by atoms with Crippen LogP contribution < -0.4 is 5.73 Å². The second-order valence-electron chi connectivity index (χ2n) is 7.02. The summed E-state index contributed by atoms with van der Waals surface area (Å²) >= 11 is 1.59. The van der Waals surface area contributed by atoms with Crippen molar-refractivity contribution in [2.24, 2.45) is 5.73 Å². The van der Waals surface area contributed by atoms with Gasteiger partial charge < -0.3 is 5.73 Å². The second-order valence-corrected chi connectivity index (χ2v) is 10.3. The first-order valence-corrected chi connectivity index (χ1v) is 11.2. The van der Waals surface area contributed by atoms with Crippen molar-refractivity contribution in [3.8, 4) is 10.4 Å². The van der Waals surface area contributed by atoms with Crippen molar-refractivity contribution in [2.45, 2.75) is 25.2 Å². The lowest BCUT2D eigenvalue weighted by atomic mass is 10.0. The van der Waals surface area contributed by atoms with E-state index >= 15 is 0 Å². The van der Waals surface area contributed by atoms with Crippen LogP contribution in [0.1, 0.15) is 32.2 Å². The van der Waals surface area contributed by atoms with Gasteiger partial charge in [0, 0.05) is 26.1 Å². The average molecular weight is 430 g/mol. The van der Waals surface area contributed by atoms with E-state index in [4.69, 9.17) is 5.73 Å². The number of primary amides is 1. The van der Waals surface area contributed by atoms with Gasteiger partial charge in [0.25, 0.3) is 0 Å². The Hall–Kier alpha value is -2.55. The summed E-state index contributed by atoms with van der Waals surface area (Å²) in [4.78, 5) is 17.4. The summed E-state index contributed by atoms with van der Waals surface area (Å²) in [5.74, 6) is -0.435. The summed E-state index contributed by atoms with van der Waals surface area (Å²) in [5.41, 5.74) is 9.65. The molecule has 29 heavy (non-hydrogen) atoms. The quantitative estimate of drug-likeness (QED) is 0.650. The van der Waals surface area contributed by atoms with Gasteiger partial charge >= 0.3 is 0 Å². The Morgan fingerprint density at radius 1 is 1.10 bits per heavy atom. The van der Waals surface area contributed by atoms with Gasteiger partial charge in [-0.15, -0.1) is 11.3 Å². The van der Waals surface area contributed by atoms with Gasteiger partial charge in [-0.05, 0) is 54.8 Å². The van der Waals surface area contributed by atoms with Crippen LogP contribution in [0.25, 0.3) is 10.4 Å². The molecule has 1 amide bonds. The van der Waals surface area contributed by atoms with E-state index in [9.17, 15) is 13.2 Å². The molecular formula is C21H23N3O3S2. The number of benzene rings is 2. The molecule has 6 nitrogen and oxygen atoms in total. The first-order valence-electron chi connectivity index (χ1n) is 8.98. The fourth-order valence-corrected chi connectivity index (χ4v) is 5.04. The zero-order valence-electron chi connectivity index (χ0n) is 16.8. The van der Waals surface area contributed by atoms with Crippen LogP contribution in [0.3, 0.4) is 0 Å². The smallest absolute Gasteiger partial charge is 0.248 e. The van der Waals surface area contributed by atoms with Crippen LogP contribution in [0, 0.1) is 13.8 Å². The third-order valence-corrected chi connectivity index (χ3v) is 7.69. The number of carbonyl (C=O) groups excluding carboxylic acids is 1. The van der Waals surface area contributed by atoms with Gasteiger partial charge in [-0.3, -0.25) is 4.79 Å². The standard InChI is InChI=1S/C21H23N3O3S2/c1-13-11-16(7-10-18(13)21(22)25)20-14(2)23-19(28-20)12-15-5-8-17(9-6-15)29(26,27)24(3)4/h5-11H,12H2,1-4H3,(H2,22,25). The Balaban J connectivity index is 1.84. The second kappa shape index (κ2) is 8.06. The molecule has 3 aromatic rings. The highest BCUT2D eigenvalue weighted by molar-refractivity contribution is 7.89. The number of aryl methyl sites for hydroxylation is 2. The number of nitrogens with two attached hydrogens (primary N) is 1. The lowest BCUT2D eigenvalue weighted by Gasteiger charge is -2.11. The lowest BCUT2D eigenvalue weighted by Crippen LogP contribution is -2.22. The molecule has 1 aromatic heterocycles. The van der Waals surface area contributed by atoms with Gasteiger partial charge in [-0.2, -0.15) is 0 Å². The molecule has 0 unspecified atom stereocenters. The van der Waals surface area contributed by atoms with Gasteiger partial charge in [-0.1, -0.05) is 18.2 Å². The maximum absolute atomic E-state index is 12.2. The highest BCUT2D eigenvalue weighted by Gasteiger charge is 2.17. The normalized spacial score (nSPS) is 11.8. The number of thiazole rings is 1. The molecule has 152 valence electrons. The van der Waals surface area contributed by atoms with Crippen molar-refractivity contribution in [2.75, 3.05) is 14.1 Å². The molecule has 0 saturated heterocycles. The van der Waals surface area contributed by atoms with Gasteiger partial charge in [0.2, 0.25) is 15.9 Å². The van der Waals surface area contributed by atoms with Crippen LogP contribution >= 0.6 is 11.3 Å². The number of amides is 1. The Kier molecular flexibility index (Phi) is 5.88. The predicted octanol–water partition coefficient (Wildman–Crippen LogP) is 3.37. The Bertz CT molecular complexity index is 1160. The number of aromatic nitrogens is 1. The molecule has 0 aliphatic heterocycles. The minimum atomic E-state index is -3.43. The summed E-state index contributed by atoms with van der Waals surface area (Å²) < 4.78 is 25.6. The van der Waals surface area contributed by atoms with Crippen molar-refractivity contribution in [1.29, 1.82) is 0 Å². The molecule has 1 heterocycles. The summed E-state index contributed by atoms with van der Waals surface area (Å²) in [6.45, 7) is 3.82. The molecule has 0 spiro atoms. The first-order chi connectivity index (χ1) is 13.6. The van der Waals surface area contributed by atoms with E-state index in [0.29, 0.717) is 12.0 Å². The fourth-order valence-electron chi connectivity index (χ4n) is 3.04. The van der Waals surface area contributed by atoms with Crippen LogP contribution in [0.15, 0.2) is 47.4 Å². The van der Waals surface area contributed by atoms with Crippen LogP contribution in [0.4, 0.5) is 0 Å². The molecule has 3 rings (SSSR count). The molecule has 0 atom stereocenters. The number of rotatable bonds is 6. The maximum Gasteiger partial charge on any atom is 0.248 e. The maximum atomic E-state index is 12.2. The van der Waals surface area contributed by atoms with E-state index in [1.165, 1.54) is 18.4 Å². The van der Waals surface area contributed by atoms with E-state index in [2.05, 4.69) is 4.98 Å². The van der Waals surface area contributed by atoms with Crippen LogP contribution in [-0.4, -0.2) is 37.7 Å². The van der Waals surface area contributed by atoms with Gasteiger partial charge in [-0.25, -0.2) is 17.7 Å². The van der Waals surface area contributed by atoms with Crippen molar-refractivity contribution >= 4 is 27.3 Å². The van der Waals surface area contributed by atoms with Crippen LogP contribution in [-0.2, 0) is 16.4 Å². The van der Waals surface area contributed by atoms with E-state index in [1.54, 1.807) is 29.5 Å². The fraction of sp³-hybridized carbons (Fsp3) is 0.238.